The monoisotopic (exact) mass is 244 g/mol. The van der Waals surface area contributed by atoms with E-state index in [1.54, 1.807) is 0 Å². The molecule has 0 N–H and O–H groups in total. The van der Waals surface area contributed by atoms with Crippen LogP contribution in [-0.2, 0) is 9.84 Å². The van der Waals surface area contributed by atoms with Crippen LogP contribution in [0.5, 0.6) is 0 Å². The van der Waals surface area contributed by atoms with E-state index in [1.165, 1.54) is 26.0 Å². The molecule has 0 saturated carbocycles. The first-order valence-corrected chi connectivity index (χ1v) is 6.55. The molecule has 0 bridgehead atoms. The Kier molecular flexibility index (Phi) is 3.80. The van der Waals surface area contributed by atoms with Gasteiger partial charge in [-0.05, 0) is 38.1 Å². The first-order valence-electron chi connectivity index (χ1n) is 4.83. The highest BCUT2D eigenvalue weighted by molar-refractivity contribution is 7.92. The lowest BCUT2D eigenvalue weighted by atomic mass is 10.1. The zero-order valence-corrected chi connectivity index (χ0v) is 9.92. The Morgan fingerprint density at radius 1 is 1.25 bits per heavy atom. The van der Waals surface area contributed by atoms with E-state index in [9.17, 15) is 17.6 Å². The van der Waals surface area contributed by atoms with Gasteiger partial charge in [0, 0.05) is 5.56 Å². The second kappa shape index (κ2) is 4.74. The summed E-state index contributed by atoms with van der Waals surface area (Å²) in [5.41, 5.74) is 0.214. The molecule has 16 heavy (non-hydrogen) atoms. The lowest BCUT2D eigenvalue weighted by Crippen LogP contribution is -2.23. The zero-order chi connectivity index (χ0) is 12.3. The molecule has 1 rings (SSSR count). The predicted octanol–water partition coefficient (Wildman–Crippen LogP) is 1.83. The van der Waals surface area contributed by atoms with Gasteiger partial charge in [0.25, 0.3) is 0 Å². The number of Topliss-reactive ketones (excluding diaryl/α,β-unsaturated/α-hetero) is 1. The average molecular weight is 244 g/mol. The van der Waals surface area contributed by atoms with Crippen molar-refractivity contribution in [2.24, 2.45) is 0 Å². The van der Waals surface area contributed by atoms with Crippen LogP contribution in [0, 0.1) is 5.82 Å². The number of halogens is 1. The molecule has 0 aromatic heterocycles. The third-order valence-electron chi connectivity index (χ3n) is 2.22. The molecule has 0 unspecified atom stereocenters. The molecule has 0 fully saturated rings. The average Bonchev–Trinajstić information content (AvgIpc) is 2.17. The minimum absolute atomic E-state index is 0.214. The molecule has 0 saturated heterocycles. The second-order valence-corrected chi connectivity index (χ2v) is 6.34. The molecule has 5 heteroatoms. The number of carbonyl (C=O) groups excluding carboxylic acids is 1. The number of carbonyl (C=O) groups is 1. The van der Waals surface area contributed by atoms with E-state index in [2.05, 4.69) is 0 Å². The Bertz CT molecular complexity index is 474. The highest BCUT2D eigenvalue weighted by Crippen LogP contribution is 2.08. The summed E-state index contributed by atoms with van der Waals surface area (Å²) in [6, 6.07) is 4.84. The molecule has 1 aromatic carbocycles. The summed E-state index contributed by atoms with van der Waals surface area (Å²) in [6.45, 7) is 3.04. The fourth-order valence-electron chi connectivity index (χ4n) is 1.07. The van der Waals surface area contributed by atoms with Crippen LogP contribution in [-0.4, -0.2) is 25.2 Å². The zero-order valence-electron chi connectivity index (χ0n) is 9.10. The van der Waals surface area contributed by atoms with Crippen molar-refractivity contribution in [2.45, 2.75) is 19.1 Å². The van der Waals surface area contributed by atoms with Crippen LogP contribution in [0.3, 0.4) is 0 Å². The summed E-state index contributed by atoms with van der Waals surface area (Å²) in [4.78, 5) is 11.6. The quantitative estimate of drug-likeness (QED) is 0.759. The van der Waals surface area contributed by atoms with Crippen LogP contribution in [0.15, 0.2) is 24.3 Å². The lowest BCUT2D eigenvalue weighted by molar-refractivity contribution is 0.102. The molecule has 88 valence electrons. The summed E-state index contributed by atoms with van der Waals surface area (Å²) < 4.78 is 35.6. The molecule has 0 radical (unpaired) electrons. The van der Waals surface area contributed by atoms with Gasteiger partial charge >= 0.3 is 0 Å². The number of hydrogen-bond acceptors (Lipinski definition) is 3. The van der Waals surface area contributed by atoms with Gasteiger partial charge in [0.05, 0.1) is 5.25 Å². The maximum Gasteiger partial charge on any atom is 0.177 e. The molecule has 1 aromatic rings. The van der Waals surface area contributed by atoms with Gasteiger partial charge in [-0.1, -0.05) is 0 Å². The Labute approximate surface area is 94.2 Å². The van der Waals surface area contributed by atoms with Crippen LogP contribution in [0.25, 0.3) is 0 Å². The van der Waals surface area contributed by atoms with Crippen LogP contribution < -0.4 is 0 Å². The normalized spacial score (nSPS) is 11.8. The van der Waals surface area contributed by atoms with Crippen LogP contribution in [0.2, 0.25) is 0 Å². The summed E-state index contributed by atoms with van der Waals surface area (Å²) in [7, 11) is -3.40. The third-order valence-corrected chi connectivity index (χ3v) is 4.32. The van der Waals surface area contributed by atoms with Crippen molar-refractivity contribution in [2.75, 3.05) is 5.75 Å². The lowest BCUT2D eigenvalue weighted by Gasteiger charge is -2.06. The van der Waals surface area contributed by atoms with Crippen molar-refractivity contribution < 1.29 is 17.6 Å². The van der Waals surface area contributed by atoms with Gasteiger partial charge < -0.3 is 0 Å². The van der Waals surface area contributed by atoms with Gasteiger partial charge in [-0.25, -0.2) is 12.8 Å². The Morgan fingerprint density at radius 2 is 1.75 bits per heavy atom. The Morgan fingerprint density at radius 3 is 2.19 bits per heavy atom. The van der Waals surface area contributed by atoms with Crippen LogP contribution in [0.1, 0.15) is 24.2 Å². The number of ketones is 1. The minimum atomic E-state index is -3.40. The summed E-state index contributed by atoms with van der Waals surface area (Å²) in [5.74, 6) is -1.49. The highest BCUT2D eigenvalue weighted by Gasteiger charge is 2.21. The smallest absolute Gasteiger partial charge is 0.177 e. The van der Waals surface area contributed by atoms with Gasteiger partial charge in [0.2, 0.25) is 0 Å². The first kappa shape index (κ1) is 12.8. The van der Waals surface area contributed by atoms with E-state index in [1.807, 2.05) is 0 Å². The van der Waals surface area contributed by atoms with Gasteiger partial charge in [0.1, 0.15) is 11.6 Å². The van der Waals surface area contributed by atoms with Crippen LogP contribution >= 0.6 is 0 Å². The van der Waals surface area contributed by atoms with Gasteiger partial charge in [-0.2, -0.15) is 0 Å². The molecular weight excluding hydrogens is 231 g/mol. The van der Waals surface area contributed by atoms with Gasteiger partial charge in [0.15, 0.2) is 15.6 Å². The molecule has 0 aliphatic carbocycles. The number of benzene rings is 1. The number of hydrogen-bond donors (Lipinski definition) is 0. The summed E-state index contributed by atoms with van der Waals surface area (Å²) in [6.07, 6.45) is 0. The predicted molar refractivity (Wildman–Crippen MR) is 59.7 cm³/mol. The molecule has 0 spiro atoms. The first-order chi connectivity index (χ1) is 7.33. The van der Waals surface area contributed by atoms with Crippen molar-refractivity contribution in [3.05, 3.63) is 35.6 Å². The molecule has 0 aliphatic rings. The van der Waals surface area contributed by atoms with Crippen molar-refractivity contribution in [1.29, 1.82) is 0 Å². The summed E-state index contributed by atoms with van der Waals surface area (Å²) >= 11 is 0. The van der Waals surface area contributed by atoms with Crippen molar-refractivity contribution in [3.8, 4) is 0 Å². The van der Waals surface area contributed by atoms with E-state index in [0.717, 1.165) is 12.1 Å². The van der Waals surface area contributed by atoms with E-state index in [4.69, 9.17) is 0 Å². The van der Waals surface area contributed by atoms with Gasteiger partial charge in [-0.3, -0.25) is 4.79 Å². The largest absolute Gasteiger partial charge is 0.293 e. The minimum Gasteiger partial charge on any atom is -0.293 e. The topological polar surface area (TPSA) is 51.2 Å². The van der Waals surface area contributed by atoms with Crippen LogP contribution in [0.4, 0.5) is 4.39 Å². The molecule has 0 heterocycles. The van der Waals surface area contributed by atoms with Crippen molar-refractivity contribution in [3.63, 3.8) is 0 Å². The Hall–Kier alpha value is -1.23. The molecule has 0 amide bonds. The number of rotatable bonds is 4. The Balaban J connectivity index is 2.85. The summed E-state index contributed by atoms with van der Waals surface area (Å²) in [5, 5.41) is -0.586. The molecule has 0 atom stereocenters. The van der Waals surface area contributed by atoms with E-state index < -0.39 is 32.4 Å². The molecule has 0 aliphatic heterocycles. The number of sulfone groups is 1. The van der Waals surface area contributed by atoms with Crippen molar-refractivity contribution in [1.82, 2.24) is 0 Å². The fourth-order valence-corrected chi connectivity index (χ4v) is 1.93. The SMILES string of the molecule is CC(C)S(=O)(=O)CC(=O)c1ccc(F)cc1. The maximum absolute atomic E-state index is 12.6. The fraction of sp³-hybridized carbons (Fsp3) is 0.364. The highest BCUT2D eigenvalue weighted by atomic mass is 32.2. The maximum atomic E-state index is 12.6. The van der Waals surface area contributed by atoms with E-state index in [0.29, 0.717) is 0 Å². The molecule has 3 nitrogen and oxygen atoms in total. The van der Waals surface area contributed by atoms with E-state index >= 15 is 0 Å². The standard InChI is InChI=1S/C11H13FO3S/c1-8(2)16(14,15)7-11(13)9-3-5-10(12)6-4-9/h3-6,8H,7H2,1-2H3. The van der Waals surface area contributed by atoms with E-state index in [-0.39, 0.29) is 5.56 Å². The third kappa shape index (κ3) is 3.13. The van der Waals surface area contributed by atoms with Gasteiger partial charge in [-0.15, -0.1) is 0 Å². The molecular formula is C11H13FO3S. The second-order valence-electron chi connectivity index (χ2n) is 3.79. The van der Waals surface area contributed by atoms with Crippen molar-refractivity contribution >= 4 is 15.6 Å².